The van der Waals surface area contributed by atoms with E-state index in [4.69, 9.17) is 4.42 Å². The van der Waals surface area contributed by atoms with E-state index in [0.29, 0.717) is 11.6 Å². The van der Waals surface area contributed by atoms with Crippen molar-refractivity contribution in [2.75, 3.05) is 11.1 Å². The van der Waals surface area contributed by atoms with Crippen molar-refractivity contribution in [3.63, 3.8) is 0 Å². The molecule has 1 amide bonds. The van der Waals surface area contributed by atoms with Gasteiger partial charge in [0.25, 0.3) is 0 Å². The first-order valence-electron chi connectivity index (χ1n) is 6.98. The number of nitrogens with zero attached hydrogens (tertiary/aromatic N) is 2. The first-order valence-corrected chi connectivity index (χ1v) is 7.97. The van der Waals surface area contributed by atoms with Crippen LogP contribution in [-0.2, 0) is 11.0 Å². The predicted molar refractivity (Wildman–Crippen MR) is 84.9 cm³/mol. The van der Waals surface area contributed by atoms with Crippen LogP contribution in [0.3, 0.4) is 0 Å². The van der Waals surface area contributed by atoms with E-state index in [1.54, 1.807) is 12.1 Å². The fourth-order valence-electron chi connectivity index (χ4n) is 1.99. The number of aromatic amines is 1. The van der Waals surface area contributed by atoms with Crippen LogP contribution >= 0.6 is 11.8 Å². The summed E-state index contributed by atoms with van der Waals surface area (Å²) in [6.45, 7) is 0. The van der Waals surface area contributed by atoms with Gasteiger partial charge in [-0.3, -0.25) is 9.89 Å². The van der Waals surface area contributed by atoms with Gasteiger partial charge < -0.3 is 9.73 Å². The van der Waals surface area contributed by atoms with E-state index >= 15 is 0 Å². The highest BCUT2D eigenvalue weighted by molar-refractivity contribution is 7.99. The molecule has 0 spiro atoms. The molecular weight excluding hydrogens is 357 g/mol. The molecule has 2 aromatic heterocycles. The monoisotopic (exact) mass is 368 g/mol. The lowest BCUT2D eigenvalue weighted by Gasteiger charge is -2.13. The number of nitrogens with one attached hydrogen (secondary N) is 2. The summed E-state index contributed by atoms with van der Waals surface area (Å²) < 4.78 is 43.8. The minimum absolute atomic E-state index is 0.137. The number of carbonyl (C=O) groups excluding carboxylic acids is 1. The van der Waals surface area contributed by atoms with Crippen LogP contribution in [-0.4, -0.2) is 26.8 Å². The van der Waals surface area contributed by atoms with Gasteiger partial charge in [0.2, 0.25) is 11.1 Å². The zero-order valence-corrected chi connectivity index (χ0v) is 13.3. The molecule has 130 valence electrons. The van der Waals surface area contributed by atoms with Crippen molar-refractivity contribution >= 4 is 23.4 Å². The molecule has 0 radical (unpaired) electrons. The van der Waals surface area contributed by atoms with Crippen molar-refractivity contribution in [1.29, 1.82) is 0 Å². The zero-order valence-electron chi connectivity index (χ0n) is 12.5. The topological polar surface area (TPSA) is 83.8 Å². The van der Waals surface area contributed by atoms with Crippen LogP contribution in [0.25, 0.3) is 11.6 Å². The number of alkyl halides is 3. The quantitative estimate of drug-likeness (QED) is 0.669. The SMILES string of the molecule is O=C(CSc1n[nH]c(-c2ccco2)n1)Nc1ccccc1C(F)(F)F. The number of aromatic nitrogens is 3. The second kappa shape index (κ2) is 7.01. The highest BCUT2D eigenvalue weighted by Crippen LogP contribution is 2.34. The van der Waals surface area contributed by atoms with Gasteiger partial charge in [-0.25, -0.2) is 0 Å². The standard InChI is InChI=1S/C15H11F3N4O2S/c16-15(17,18)9-4-1-2-5-10(9)19-12(23)8-25-14-20-13(21-22-14)11-6-3-7-24-11/h1-7H,8H2,(H,19,23)(H,20,21,22). The maximum atomic E-state index is 12.9. The number of furan rings is 1. The third kappa shape index (κ3) is 4.21. The van der Waals surface area contributed by atoms with Crippen LogP contribution in [0.4, 0.5) is 18.9 Å². The number of hydrogen-bond acceptors (Lipinski definition) is 5. The van der Waals surface area contributed by atoms with Crippen molar-refractivity contribution < 1.29 is 22.4 Å². The second-order valence-electron chi connectivity index (χ2n) is 4.82. The molecular formula is C15H11F3N4O2S. The number of benzene rings is 1. The largest absolute Gasteiger partial charge is 0.461 e. The molecule has 2 heterocycles. The summed E-state index contributed by atoms with van der Waals surface area (Å²) in [4.78, 5) is 16.0. The number of anilines is 1. The third-order valence-electron chi connectivity index (χ3n) is 3.06. The van der Waals surface area contributed by atoms with Crippen molar-refractivity contribution in [1.82, 2.24) is 15.2 Å². The first-order chi connectivity index (χ1) is 11.9. The van der Waals surface area contributed by atoms with E-state index in [9.17, 15) is 18.0 Å². The molecule has 0 fully saturated rings. The maximum absolute atomic E-state index is 12.9. The van der Waals surface area contributed by atoms with Crippen LogP contribution in [0.5, 0.6) is 0 Å². The molecule has 3 rings (SSSR count). The lowest BCUT2D eigenvalue weighted by Crippen LogP contribution is -2.18. The van der Waals surface area contributed by atoms with E-state index in [0.717, 1.165) is 17.8 Å². The molecule has 25 heavy (non-hydrogen) atoms. The van der Waals surface area contributed by atoms with Gasteiger partial charge >= 0.3 is 6.18 Å². The van der Waals surface area contributed by atoms with Gasteiger partial charge in [0.15, 0.2) is 11.6 Å². The van der Waals surface area contributed by atoms with E-state index < -0.39 is 17.6 Å². The lowest BCUT2D eigenvalue weighted by atomic mass is 10.1. The summed E-state index contributed by atoms with van der Waals surface area (Å²) in [5.41, 5.74) is -1.18. The molecule has 0 aliphatic carbocycles. The van der Waals surface area contributed by atoms with Gasteiger partial charge in [-0.1, -0.05) is 23.9 Å². The smallest absolute Gasteiger partial charge is 0.418 e. The van der Waals surface area contributed by atoms with Crippen molar-refractivity contribution in [3.8, 4) is 11.6 Å². The average Bonchev–Trinajstić information content (AvgIpc) is 3.24. The van der Waals surface area contributed by atoms with Gasteiger partial charge in [0.05, 0.1) is 23.3 Å². The Morgan fingerprint density at radius 2 is 2.04 bits per heavy atom. The Morgan fingerprint density at radius 3 is 2.76 bits per heavy atom. The molecule has 3 aromatic rings. The number of amides is 1. The van der Waals surface area contributed by atoms with Crippen molar-refractivity contribution in [3.05, 3.63) is 48.2 Å². The normalized spacial score (nSPS) is 11.5. The number of para-hydroxylation sites is 1. The van der Waals surface area contributed by atoms with Crippen molar-refractivity contribution in [2.24, 2.45) is 0 Å². The maximum Gasteiger partial charge on any atom is 0.418 e. The van der Waals surface area contributed by atoms with Crippen LogP contribution in [0, 0.1) is 0 Å². The lowest BCUT2D eigenvalue weighted by molar-refractivity contribution is -0.137. The van der Waals surface area contributed by atoms with Gasteiger partial charge in [0.1, 0.15) is 0 Å². The summed E-state index contributed by atoms with van der Waals surface area (Å²) in [7, 11) is 0. The summed E-state index contributed by atoms with van der Waals surface area (Å²) in [6, 6.07) is 8.17. The first kappa shape index (κ1) is 17.1. The van der Waals surface area contributed by atoms with Crippen LogP contribution in [0.1, 0.15) is 5.56 Å². The second-order valence-corrected chi connectivity index (χ2v) is 5.77. The zero-order chi connectivity index (χ0) is 17.9. The summed E-state index contributed by atoms with van der Waals surface area (Å²) in [6.07, 6.45) is -3.06. The molecule has 0 saturated heterocycles. The molecule has 1 aromatic carbocycles. The van der Waals surface area contributed by atoms with Gasteiger partial charge in [-0.2, -0.15) is 18.2 Å². The van der Waals surface area contributed by atoms with Crippen molar-refractivity contribution in [2.45, 2.75) is 11.3 Å². The van der Waals surface area contributed by atoms with Gasteiger partial charge in [-0.05, 0) is 24.3 Å². The van der Waals surface area contributed by atoms with E-state index in [1.807, 2.05) is 0 Å². The average molecular weight is 368 g/mol. The van der Waals surface area contributed by atoms with E-state index in [1.165, 1.54) is 24.5 Å². The fourth-order valence-corrected chi connectivity index (χ4v) is 2.59. The number of halogens is 3. The minimum atomic E-state index is -4.54. The Bertz CT molecular complexity index is 862. The Hall–Kier alpha value is -2.75. The Labute approximate surface area is 143 Å². The molecule has 0 saturated carbocycles. The number of thioether (sulfide) groups is 1. The highest BCUT2D eigenvalue weighted by atomic mass is 32.2. The Balaban J connectivity index is 1.61. The molecule has 6 nitrogen and oxygen atoms in total. The number of carbonyl (C=O) groups is 1. The molecule has 0 atom stereocenters. The summed E-state index contributed by atoms with van der Waals surface area (Å²) >= 11 is 0.991. The molecule has 0 aliphatic heterocycles. The highest BCUT2D eigenvalue weighted by Gasteiger charge is 2.33. The minimum Gasteiger partial charge on any atom is -0.461 e. The van der Waals surface area contributed by atoms with Gasteiger partial charge in [0, 0.05) is 0 Å². The van der Waals surface area contributed by atoms with Crippen LogP contribution in [0.15, 0.2) is 52.2 Å². The molecule has 10 heteroatoms. The summed E-state index contributed by atoms with van der Waals surface area (Å²) in [5, 5.41) is 9.11. The Morgan fingerprint density at radius 1 is 1.24 bits per heavy atom. The fraction of sp³-hybridized carbons (Fsp3) is 0.133. The summed E-state index contributed by atoms with van der Waals surface area (Å²) in [5.74, 6) is 0.158. The van der Waals surface area contributed by atoms with Gasteiger partial charge in [-0.15, -0.1) is 5.10 Å². The molecule has 0 aliphatic rings. The Kier molecular flexibility index (Phi) is 4.79. The number of H-pyrrole nitrogens is 1. The molecule has 2 N–H and O–H groups in total. The molecule has 0 unspecified atom stereocenters. The molecule has 0 bridgehead atoms. The van der Waals surface area contributed by atoms with E-state index in [-0.39, 0.29) is 16.6 Å². The predicted octanol–water partition coefficient (Wildman–Crippen LogP) is 3.81. The van der Waals surface area contributed by atoms with Crippen LogP contribution in [0.2, 0.25) is 0 Å². The van der Waals surface area contributed by atoms with Crippen LogP contribution < -0.4 is 5.32 Å². The number of rotatable bonds is 5. The third-order valence-corrected chi connectivity index (χ3v) is 3.91. The number of hydrogen-bond donors (Lipinski definition) is 2. The van der Waals surface area contributed by atoms with E-state index in [2.05, 4.69) is 20.5 Å².